The summed E-state index contributed by atoms with van der Waals surface area (Å²) in [6.07, 6.45) is 3.53. The SMILES string of the molecule is CCCCC[C@@H](C=O)CC(S(=O)(=O)c1ccccc1)S(=O)(=O)c1ccccc1. The minimum absolute atomic E-state index is 0.0577. The zero-order valence-corrected chi connectivity index (χ0v) is 17.5. The molecule has 1 atom stereocenters. The molecular weight excluding hydrogens is 396 g/mol. The molecule has 2 aromatic rings. The van der Waals surface area contributed by atoms with Crippen molar-refractivity contribution in [2.45, 2.75) is 53.4 Å². The average molecular weight is 423 g/mol. The van der Waals surface area contributed by atoms with E-state index < -0.39 is 30.2 Å². The quantitative estimate of drug-likeness (QED) is 0.403. The van der Waals surface area contributed by atoms with Gasteiger partial charge in [-0.3, -0.25) is 0 Å². The van der Waals surface area contributed by atoms with Crippen molar-refractivity contribution in [3.63, 3.8) is 0 Å². The van der Waals surface area contributed by atoms with Crippen LogP contribution in [0.4, 0.5) is 0 Å². The van der Waals surface area contributed by atoms with Crippen LogP contribution in [0.2, 0.25) is 0 Å². The van der Waals surface area contributed by atoms with Crippen molar-refractivity contribution in [1.29, 1.82) is 0 Å². The second-order valence-electron chi connectivity index (χ2n) is 6.77. The van der Waals surface area contributed by atoms with Crippen LogP contribution in [0.5, 0.6) is 0 Å². The van der Waals surface area contributed by atoms with Gasteiger partial charge in [0, 0.05) is 5.92 Å². The van der Waals surface area contributed by atoms with E-state index in [2.05, 4.69) is 0 Å². The fraction of sp³-hybridized carbons (Fsp3) is 0.381. The molecule has 28 heavy (non-hydrogen) atoms. The van der Waals surface area contributed by atoms with Gasteiger partial charge in [-0.05, 0) is 37.1 Å². The summed E-state index contributed by atoms with van der Waals surface area (Å²) in [4.78, 5) is 11.5. The van der Waals surface area contributed by atoms with Gasteiger partial charge in [-0.1, -0.05) is 62.6 Å². The van der Waals surface area contributed by atoms with Crippen LogP contribution in [0.15, 0.2) is 70.5 Å². The van der Waals surface area contributed by atoms with Crippen molar-refractivity contribution >= 4 is 26.0 Å². The molecule has 5 nitrogen and oxygen atoms in total. The van der Waals surface area contributed by atoms with Crippen molar-refractivity contribution in [1.82, 2.24) is 0 Å². The van der Waals surface area contributed by atoms with E-state index in [9.17, 15) is 21.6 Å². The standard InChI is InChI=1S/C21H26O5S2/c1-2-3-6-11-18(17-22)16-21(27(23,24)19-12-7-4-8-13-19)28(25,26)20-14-9-5-10-15-20/h4-5,7-10,12-15,17-18,21H,2-3,6,11,16H2,1H3/t18-/m1/s1. The van der Waals surface area contributed by atoms with Gasteiger partial charge in [-0.15, -0.1) is 0 Å². The average Bonchev–Trinajstić information content (AvgIpc) is 2.71. The molecule has 0 aromatic heterocycles. The van der Waals surface area contributed by atoms with Gasteiger partial charge in [0.2, 0.25) is 0 Å². The lowest BCUT2D eigenvalue weighted by Gasteiger charge is -2.21. The predicted molar refractivity (Wildman–Crippen MR) is 109 cm³/mol. The topological polar surface area (TPSA) is 85.3 Å². The molecule has 0 heterocycles. The Bertz CT molecular complexity index is 883. The highest BCUT2D eigenvalue weighted by atomic mass is 32.3. The smallest absolute Gasteiger partial charge is 0.195 e. The van der Waals surface area contributed by atoms with Crippen LogP contribution in [0.3, 0.4) is 0 Å². The number of sulfone groups is 2. The molecule has 0 spiro atoms. The van der Waals surface area contributed by atoms with E-state index in [0.29, 0.717) is 12.7 Å². The predicted octanol–water partition coefficient (Wildman–Crippen LogP) is 4.05. The number of carbonyl (C=O) groups is 1. The molecule has 0 bridgehead atoms. The van der Waals surface area contributed by atoms with Crippen LogP contribution >= 0.6 is 0 Å². The Morgan fingerprint density at radius 3 is 1.64 bits per heavy atom. The summed E-state index contributed by atoms with van der Waals surface area (Å²) in [5, 5.41) is 0. The highest BCUT2D eigenvalue weighted by Crippen LogP contribution is 2.31. The largest absolute Gasteiger partial charge is 0.303 e. The van der Waals surface area contributed by atoms with E-state index in [1.165, 1.54) is 24.3 Å². The normalized spacial score (nSPS) is 13.4. The number of hydrogen-bond acceptors (Lipinski definition) is 5. The van der Waals surface area contributed by atoms with Gasteiger partial charge >= 0.3 is 0 Å². The van der Waals surface area contributed by atoms with Crippen LogP contribution in [0.1, 0.15) is 39.0 Å². The summed E-state index contributed by atoms with van der Waals surface area (Å²) in [5.74, 6) is -0.631. The van der Waals surface area contributed by atoms with Crippen molar-refractivity contribution in [2.75, 3.05) is 0 Å². The highest BCUT2D eigenvalue weighted by molar-refractivity contribution is 8.09. The molecule has 7 heteroatoms. The van der Waals surface area contributed by atoms with E-state index in [1.54, 1.807) is 36.4 Å². The Morgan fingerprint density at radius 1 is 0.786 bits per heavy atom. The summed E-state index contributed by atoms with van der Waals surface area (Å²) in [6, 6.07) is 15.1. The maximum absolute atomic E-state index is 13.2. The fourth-order valence-corrected chi connectivity index (χ4v) is 7.77. The molecule has 0 saturated carbocycles. The lowest BCUT2D eigenvalue weighted by molar-refractivity contribution is -0.111. The van der Waals surface area contributed by atoms with E-state index in [4.69, 9.17) is 0 Å². The number of aldehydes is 1. The van der Waals surface area contributed by atoms with E-state index in [-0.39, 0.29) is 16.2 Å². The Labute approximate surface area is 167 Å². The van der Waals surface area contributed by atoms with E-state index >= 15 is 0 Å². The van der Waals surface area contributed by atoms with Gasteiger partial charge in [-0.2, -0.15) is 0 Å². The van der Waals surface area contributed by atoms with E-state index in [1.807, 2.05) is 6.92 Å². The summed E-state index contributed by atoms with van der Waals surface area (Å²) < 4.78 is 51.2. The van der Waals surface area contributed by atoms with Crippen LogP contribution in [-0.2, 0) is 24.5 Å². The molecule has 0 aliphatic heterocycles. The maximum atomic E-state index is 13.2. The van der Waals surface area contributed by atoms with Crippen molar-refractivity contribution in [2.24, 2.45) is 5.92 Å². The zero-order chi connectivity index (χ0) is 20.6. The molecule has 2 aromatic carbocycles. The molecule has 0 aliphatic rings. The lowest BCUT2D eigenvalue weighted by atomic mass is 10.0. The number of carbonyl (C=O) groups excluding carboxylic acids is 1. The summed E-state index contributed by atoms with van der Waals surface area (Å²) in [6.45, 7) is 2.03. The molecule has 152 valence electrons. The lowest BCUT2D eigenvalue weighted by Crippen LogP contribution is -2.33. The minimum Gasteiger partial charge on any atom is -0.303 e. The Morgan fingerprint density at radius 2 is 1.25 bits per heavy atom. The molecule has 0 saturated heterocycles. The van der Waals surface area contributed by atoms with Crippen LogP contribution in [0, 0.1) is 5.92 Å². The summed E-state index contributed by atoms with van der Waals surface area (Å²) in [5.41, 5.74) is 0. The first kappa shape index (κ1) is 22.3. The third kappa shape index (κ3) is 5.29. The third-order valence-corrected chi connectivity index (χ3v) is 9.85. The monoisotopic (exact) mass is 422 g/mol. The van der Waals surface area contributed by atoms with Gasteiger partial charge in [0.15, 0.2) is 24.3 Å². The second-order valence-corrected chi connectivity index (χ2v) is 11.3. The fourth-order valence-electron chi connectivity index (χ4n) is 3.09. The van der Waals surface area contributed by atoms with Crippen LogP contribution < -0.4 is 0 Å². The first-order valence-corrected chi connectivity index (χ1v) is 12.5. The van der Waals surface area contributed by atoms with Gasteiger partial charge in [-0.25, -0.2) is 16.8 Å². The summed E-state index contributed by atoms with van der Waals surface area (Å²) >= 11 is 0. The van der Waals surface area contributed by atoms with Gasteiger partial charge < -0.3 is 4.79 Å². The summed E-state index contributed by atoms with van der Waals surface area (Å²) in [7, 11) is -8.38. The van der Waals surface area contributed by atoms with Crippen molar-refractivity contribution < 1.29 is 21.6 Å². The maximum Gasteiger partial charge on any atom is 0.195 e. The zero-order valence-electron chi connectivity index (χ0n) is 15.9. The molecule has 0 unspecified atom stereocenters. The second kappa shape index (κ2) is 9.98. The van der Waals surface area contributed by atoms with Crippen LogP contribution in [0.25, 0.3) is 0 Å². The molecule has 0 radical (unpaired) electrons. The first-order chi connectivity index (χ1) is 13.3. The van der Waals surface area contributed by atoms with E-state index in [0.717, 1.165) is 19.3 Å². The van der Waals surface area contributed by atoms with Gasteiger partial charge in [0.25, 0.3) is 0 Å². The third-order valence-electron chi connectivity index (χ3n) is 4.70. The Balaban J connectivity index is 2.48. The van der Waals surface area contributed by atoms with Crippen molar-refractivity contribution in [3.05, 3.63) is 60.7 Å². The minimum atomic E-state index is -4.19. The van der Waals surface area contributed by atoms with Gasteiger partial charge in [0.1, 0.15) is 6.29 Å². The Kier molecular flexibility index (Phi) is 7.95. The van der Waals surface area contributed by atoms with Crippen LogP contribution in [-0.4, -0.2) is 27.7 Å². The molecule has 2 rings (SSSR count). The molecular formula is C21H26O5S2. The number of rotatable bonds is 11. The molecule has 0 aliphatic carbocycles. The number of hydrogen-bond donors (Lipinski definition) is 0. The van der Waals surface area contributed by atoms with Gasteiger partial charge in [0.05, 0.1) is 9.79 Å². The molecule has 0 N–H and O–H groups in total. The highest BCUT2D eigenvalue weighted by Gasteiger charge is 2.41. The Hall–Kier alpha value is -1.99. The number of benzene rings is 2. The molecule has 0 amide bonds. The first-order valence-electron chi connectivity index (χ1n) is 9.37. The number of unbranched alkanes of at least 4 members (excludes halogenated alkanes) is 2. The molecule has 0 fully saturated rings. The van der Waals surface area contributed by atoms with Crippen molar-refractivity contribution in [3.8, 4) is 0 Å².